The summed E-state index contributed by atoms with van der Waals surface area (Å²) in [5.41, 5.74) is 5.92. The molecule has 1 rings (SSSR count). The molecule has 1 aromatic heterocycles. The van der Waals surface area contributed by atoms with Crippen molar-refractivity contribution < 1.29 is 0 Å². The Balaban J connectivity index is 2.99. The van der Waals surface area contributed by atoms with E-state index >= 15 is 0 Å². The predicted molar refractivity (Wildman–Crippen MR) is 82.4 cm³/mol. The number of nitrogen functional groups attached to an aromatic ring is 1. The van der Waals surface area contributed by atoms with Gasteiger partial charge in [0.15, 0.2) is 0 Å². The number of rotatable bonds is 8. The van der Waals surface area contributed by atoms with E-state index < -0.39 is 0 Å². The summed E-state index contributed by atoms with van der Waals surface area (Å²) in [4.78, 5) is 11.4. The molecule has 0 amide bonds. The fraction of sp³-hybridized carbons (Fsp3) is 0.733. The fourth-order valence-electron chi connectivity index (χ4n) is 2.10. The minimum Gasteiger partial charge on any atom is -0.384 e. The highest BCUT2D eigenvalue weighted by Gasteiger charge is 2.15. The average Bonchev–Trinajstić information content (AvgIpc) is 2.38. The lowest BCUT2D eigenvalue weighted by molar-refractivity contribution is 0.587. The molecule has 4 heteroatoms. The zero-order chi connectivity index (χ0) is 14.3. The number of aryl methyl sites for hydroxylation is 1. The van der Waals surface area contributed by atoms with Gasteiger partial charge < -0.3 is 10.6 Å². The Bertz CT molecular complexity index is 378. The van der Waals surface area contributed by atoms with Crippen LogP contribution in [0.2, 0.25) is 0 Å². The van der Waals surface area contributed by atoms with Gasteiger partial charge in [-0.3, -0.25) is 0 Å². The third-order valence-corrected chi connectivity index (χ3v) is 3.42. The molecule has 0 saturated heterocycles. The molecule has 0 fully saturated rings. The first kappa shape index (κ1) is 15.7. The van der Waals surface area contributed by atoms with Crippen LogP contribution in [0.5, 0.6) is 0 Å². The number of nitrogens with zero attached hydrogens (tertiary/aromatic N) is 3. The van der Waals surface area contributed by atoms with Gasteiger partial charge in [0.2, 0.25) is 0 Å². The Hall–Kier alpha value is -1.32. The molecule has 0 aliphatic heterocycles. The number of anilines is 2. The van der Waals surface area contributed by atoms with Crippen LogP contribution in [-0.4, -0.2) is 22.6 Å². The minimum atomic E-state index is 0.482. The maximum Gasteiger partial charge on any atom is 0.134 e. The summed E-state index contributed by atoms with van der Waals surface area (Å²) < 4.78 is 0. The lowest BCUT2D eigenvalue weighted by atomic mass is 10.2. The summed E-state index contributed by atoms with van der Waals surface area (Å²) in [6.45, 7) is 9.84. The molecule has 0 spiro atoms. The molecule has 1 heterocycles. The van der Waals surface area contributed by atoms with Gasteiger partial charge in [-0.1, -0.05) is 27.2 Å². The molecule has 1 unspecified atom stereocenters. The van der Waals surface area contributed by atoms with Gasteiger partial charge in [-0.25, -0.2) is 9.97 Å². The van der Waals surface area contributed by atoms with Gasteiger partial charge >= 0.3 is 0 Å². The normalized spacial score (nSPS) is 12.4. The third kappa shape index (κ3) is 4.69. The van der Waals surface area contributed by atoms with Gasteiger partial charge in [-0.15, -0.1) is 0 Å². The van der Waals surface area contributed by atoms with E-state index in [0.717, 1.165) is 37.4 Å². The number of aromatic nitrogens is 2. The first-order chi connectivity index (χ1) is 9.12. The number of hydrogen-bond acceptors (Lipinski definition) is 4. The van der Waals surface area contributed by atoms with Crippen molar-refractivity contribution >= 4 is 11.6 Å². The molecule has 0 radical (unpaired) electrons. The summed E-state index contributed by atoms with van der Waals surface area (Å²) in [6.07, 6.45) is 5.41. The second-order valence-electron chi connectivity index (χ2n) is 5.12. The Labute approximate surface area is 117 Å². The van der Waals surface area contributed by atoms with Gasteiger partial charge in [-0.05, 0) is 26.2 Å². The zero-order valence-corrected chi connectivity index (χ0v) is 12.8. The molecule has 1 atom stereocenters. The van der Waals surface area contributed by atoms with E-state index in [1.54, 1.807) is 0 Å². The van der Waals surface area contributed by atoms with Crippen molar-refractivity contribution in [3.8, 4) is 0 Å². The Morgan fingerprint density at radius 1 is 1.21 bits per heavy atom. The van der Waals surface area contributed by atoms with Crippen LogP contribution in [0.4, 0.5) is 11.6 Å². The van der Waals surface area contributed by atoms with Gasteiger partial charge in [0.1, 0.15) is 17.5 Å². The molecular weight excluding hydrogens is 236 g/mol. The Morgan fingerprint density at radius 3 is 2.53 bits per heavy atom. The minimum absolute atomic E-state index is 0.482. The highest BCUT2D eigenvalue weighted by atomic mass is 15.2. The molecule has 0 aliphatic rings. The predicted octanol–water partition coefficient (Wildman–Crippen LogP) is 3.42. The zero-order valence-electron chi connectivity index (χ0n) is 12.8. The summed E-state index contributed by atoms with van der Waals surface area (Å²) in [5, 5.41) is 0. The molecule has 1 aromatic rings. The number of unbranched alkanes of at least 4 members (excludes halogenated alkanes) is 1. The van der Waals surface area contributed by atoms with Crippen LogP contribution in [0.1, 0.15) is 59.2 Å². The third-order valence-electron chi connectivity index (χ3n) is 3.42. The standard InChI is InChI=1S/C15H28N4/c1-5-8-10-19(12(4)7-3)15-11-13(16)17-14(18-15)9-6-2/h11-12H,5-10H2,1-4H3,(H2,16,17,18). The first-order valence-corrected chi connectivity index (χ1v) is 7.52. The van der Waals surface area contributed by atoms with Crippen LogP contribution < -0.4 is 10.6 Å². The first-order valence-electron chi connectivity index (χ1n) is 7.52. The van der Waals surface area contributed by atoms with Crippen molar-refractivity contribution in [2.45, 2.75) is 65.8 Å². The van der Waals surface area contributed by atoms with Crippen molar-refractivity contribution in [2.75, 3.05) is 17.2 Å². The van der Waals surface area contributed by atoms with Crippen LogP contribution in [0.3, 0.4) is 0 Å². The van der Waals surface area contributed by atoms with E-state index in [0.29, 0.717) is 11.9 Å². The Kier molecular flexibility index (Phi) is 6.60. The molecule has 2 N–H and O–H groups in total. The quantitative estimate of drug-likeness (QED) is 0.781. The smallest absolute Gasteiger partial charge is 0.134 e. The van der Waals surface area contributed by atoms with E-state index in [-0.39, 0.29) is 0 Å². The van der Waals surface area contributed by atoms with E-state index in [9.17, 15) is 0 Å². The molecule has 0 bridgehead atoms. The van der Waals surface area contributed by atoms with E-state index in [2.05, 4.69) is 42.6 Å². The maximum atomic E-state index is 5.92. The van der Waals surface area contributed by atoms with Gasteiger partial charge in [0, 0.05) is 25.1 Å². The highest BCUT2D eigenvalue weighted by Crippen LogP contribution is 2.19. The van der Waals surface area contributed by atoms with Crippen molar-refractivity contribution in [3.05, 3.63) is 11.9 Å². The summed E-state index contributed by atoms with van der Waals surface area (Å²) in [6, 6.07) is 2.39. The van der Waals surface area contributed by atoms with Crippen LogP contribution in [0, 0.1) is 0 Å². The van der Waals surface area contributed by atoms with E-state index in [4.69, 9.17) is 5.73 Å². The van der Waals surface area contributed by atoms with Crippen molar-refractivity contribution in [1.82, 2.24) is 9.97 Å². The largest absolute Gasteiger partial charge is 0.384 e. The van der Waals surface area contributed by atoms with Crippen LogP contribution in [-0.2, 0) is 6.42 Å². The van der Waals surface area contributed by atoms with Crippen LogP contribution in [0.25, 0.3) is 0 Å². The number of nitrogens with two attached hydrogens (primary N) is 1. The summed E-state index contributed by atoms with van der Waals surface area (Å²) in [7, 11) is 0. The molecule has 0 aliphatic carbocycles. The molecule has 108 valence electrons. The molecule has 19 heavy (non-hydrogen) atoms. The lowest BCUT2D eigenvalue weighted by Gasteiger charge is -2.30. The molecule has 4 nitrogen and oxygen atoms in total. The second-order valence-corrected chi connectivity index (χ2v) is 5.12. The van der Waals surface area contributed by atoms with Crippen molar-refractivity contribution in [2.24, 2.45) is 0 Å². The van der Waals surface area contributed by atoms with E-state index in [1.165, 1.54) is 12.8 Å². The molecular formula is C15H28N4. The van der Waals surface area contributed by atoms with Gasteiger partial charge in [0.05, 0.1) is 0 Å². The van der Waals surface area contributed by atoms with Gasteiger partial charge in [-0.2, -0.15) is 0 Å². The average molecular weight is 264 g/mol. The lowest BCUT2D eigenvalue weighted by Crippen LogP contribution is -2.34. The van der Waals surface area contributed by atoms with Crippen LogP contribution in [0.15, 0.2) is 6.07 Å². The molecule has 0 saturated carbocycles. The van der Waals surface area contributed by atoms with E-state index in [1.807, 2.05) is 6.07 Å². The van der Waals surface area contributed by atoms with Crippen molar-refractivity contribution in [3.63, 3.8) is 0 Å². The highest BCUT2D eigenvalue weighted by molar-refractivity contribution is 5.47. The van der Waals surface area contributed by atoms with Gasteiger partial charge in [0.25, 0.3) is 0 Å². The molecule has 0 aromatic carbocycles. The number of hydrogen-bond donors (Lipinski definition) is 1. The SMILES string of the molecule is CCCCN(c1cc(N)nc(CCC)n1)C(C)CC. The maximum absolute atomic E-state index is 5.92. The van der Waals surface area contributed by atoms with Crippen molar-refractivity contribution in [1.29, 1.82) is 0 Å². The van der Waals surface area contributed by atoms with Crippen LogP contribution >= 0.6 is 0 Å². The second kappa shape index (κ2) is 7.97. The fourth-order valence-corrected chi connectivity index (χ4v) is 2.10. The summed E-state index contributed by atoms with van der Waals surface area (Å²) in [5.74, 6) is 2.43. The monoisotopic (exact) mass is 264 g/mol. The Morgan fingerprint density at radius 2 is 1.95 bits per heavy atom. The topological polar surface area (TPSA) is 55.0 Å². The summed E-state index contributed by atoms with van der Waals surface area (Å²) >= 11 is 0.